The van der Waals surface area contributed by atoms with Crippen LogP contribution >= 0.6 is 0 Å². The van der Waals surface area contributed by atoms with Gasteiger partial charge < -0.3 is 5.32 Å². The van der Waals surface area contributed by atoms with Crippen LogP contribution in [0.2, 0.25) is 0 Å². The third-order valence-corrected chi connectivity index (χ3v) is 5.25. The van der Waals surface area contributed by atoms with Crippen LogP contribution in [-0.4, -0.2) is 16.4 Å². The molecular weight excluding hydrogens is 451 g/mol. The van der Waals surface area contributed by atoms with E-state index in [1.807, 2.05) is 82.6 Å². The Morgan fingerprint density at radius 3 is 2.07 bits per heavy atom. The van der Waals surface area contributed by atoms with Crippen molar-refractivity contribution in [3.05, 3.63) is 82.7 Å². The van der Waals surface area contributed by atoms with Gasteiger partial charge in [0.2, 0.25) is 18.2 Å². The maximum atomic E-state index is 12.7. The van der Waals surface area contributed by atoms with Crippen LogP contribution in [0.1, 0.15) is 27.8 Å². The Labute approximate surface area is 203 Å². The van der Waals surface area contributed by atoms with Crippen molar-refractivity contribution in [2.45, 2.75) is 47.2 Å². The molecule has 2 aromatic carbocycles. The van der Waals surface area contributed by atoms with Gasteiger partial charge in [-0.05, 0) is 55.5 Å². The molecule has 1 amide bonds. The smallest absolute Gasteiger partial charge is 0.250 e. The number of Topliss-reactive ketones (excluding diaryl/α,β-unsaturated/α-hetero) is 1. The summed E-state index contributed by atoms with van der Waals surface area (Å²) >= 11 is 0. The predicted octanol–water partition coefficient (Wildman–Crippen LogP) is 3.46. The maximum absolute atomic E-state index is 12.7. The summed E-state index contributed by atoms with van der Waals surface area (Å²) < 4.78 is 3.56. The number of amides is 1. The number of nitrogens with one attached hydrogen (secondary N) is 1. The van der Waals surface area contributed by atoms with Crippen molar-refractivity contribution in [1.82, 2.24) is 4.68 Å². The van der Waals surface area contributed by atoms with Crippen LogP contribution in [0.3, 0.4) is 0 Å². The van der Waals surface area contributed by atoms with E-state index < -0.39 is 0 Å². The van der Waals surface area contributed by atoms with Gasteiger partial charge in [0.05, 0.1) is 6.20 Å². The van der Waals surface area contributed by atoms with E-state index in [4.69, 9.17) is 0 Å². The van der Waals surface area contributed by atoms with Gasteiger partial charge in [0.15, 0.2) is 12.7 Å². The minimum Gasteiger partial charge on any atom is -0.324 e. The Bertz CT molecular complexity index is 934. The van der Waals surface area contributed by atoms with Crippen LogP contribution in [0.15, 0.2) is 54.9 Å². The number of aromatic nitrogens is 2. The fourth-order valence-electron chi connectivity index (χ4n) is 3.59. The van der Waals surface area contributed by atoms with Crippen molar-refractivity contribution >= 4 is 17.4 Å². The molecule has 0 saturated carbocycles. The topological polar surface area (TPSA) is 55.0 Å². The van der Waals surface area contributed by atoms with E-state index in [2.05, 4.69) is 5.32 Å². The summed E-state index contributed by atoms with van der Waals surface area (Å²) in [5.74, 6) is -0.00273. The Hall–Kier alpha value is -2.11. The molecule has 1 aromatic heterocycles. The molecule has 1 heterocycles. The average molecular weight is 479 g/mol. The molecule has 0 atom stereocenters. The van der Waals surface area contributed by atoms with Gasteiger partial charge in [-0.15, -0.1) is 4.68 Å². The number of ketones is 1. The van der Waals surface area contributed by atoms with Crippen LogP contribution in [0.4, 0.5) is 5.69 Å². The molecule has 0 saturated heterocycles. The molecule has 0 spiro atoms. The number of rotatable bonds is 7. The molecule has 0 fully saturated rings. The molecular formula is C24H28N3O2Y+. The summed E-state index contributed by atoms with van der Waals surface area (Å²) in [6.45, 7) is 8.40. The van der Waals surface area contributed by atoms with E-state index in [1.54, 1.807) is 9.36 Å². The summed E-state index contributed by atoms with van der Waals surface area (Å²) in [5.41, 5.74) is 6.26. The van der Waals surface area contributed by atoms with Gasteiger partial charge in [0, 0.05) is 50.9 Å². The van der Waals surface area contributed by atoms with Crippen molar-refractivity contribution in [3.8, 4) is 0 Å². The van der Waals surface area contributed by atoms with E-state index in [9.17, 15) is 9.59 Å². The number of aryl methyl sites for hydroxylation is 4. The summed E-state index contributed by atoms with van der Waals surface area (Å²) in [6.07, 6.45) is 4.04. The number of benzene rings is 2. The number of carbonyl (C=O) groups is 2. The molecule has 6 heteroatoms. The Balaban J connectivity index is 0.00000320. The van der Waals surface area contributed by atoms with Gasteiger partial charge in [0.1, 0.15) is 0 Å². The van der Waals surface area contributed by atoms with Crippen molar-refractivity contribution in [2.75, 3.05) is 5.32 Å². The second-order valence-corrected chi connectivity index (χ2v) is 7.59. The standard InChI is InChI=1S/C24H27N3O2.Y/c1-17-8-5-9-18(2)22(17)14-21(28)15-26-12-7-13-27(26)16-23(29)25-24-19(3)10-6-11-20(24)4;/h5-13H,14-16H2,1-4H3;/p+1. The van der Waals surface area contributed by atoms with E-state index >= 15 is 0 Å². The molecule has 5 nitrogen and oxygen atoms in total. The minimum absolute atomic E-state index is 0. The zero-order valence-corrected chi connectivity index (χ0v) is 20.9. The first kappa shape index (κ1) is 24.2. The molecule has 1 N–H and O–H groups in total. The number of hydrogen-bond donors (Lipinski definition) is 1. The first-order valence-corrected chi connectivity index (χ1v) is 9.83. The summed E-state index contributed by atoms with van der Waals surface area (Å²) in [6, 6.07) is 13.8. The van der Waals surface area contributed by atoms with Crippen LogP contribution in [-0.2, 0) is 61.8 Å². The largest absolute Gasteiger partial charge is 0.324 e. The molecule has 0 aliphatic heterocycles. The van der Waals surface area contributed by atoms with Gasteiger partial charge >= 0.3 is 0 Å². The molecule has 3 aromatic rings. The summed E-state index contributed by atoms with van der Waals surface area (Å²) in [7, 11) is 0. The van der Waals surface area contributed by atoms with Crippen molar-refractivity contribution < 1.29 is 47.0 Å². The SMILES string of the molecule is Cc1cccc(C)c1CC(=O)C[n+]1cccn1CC(=O)Nc1c(C)cccc1C.[Y]. The third kappa shape index (κ3) is 5.96. The van der Waals surface area contributed by atoms with Gasteiger partial charge in [-0.25, -0.2) is 0 Å². The number of hydrogen-bond acceptors (Lipinski definition) is 2. The first-order valence-electron chi connectivity index (χ1n) is 9.83. The fraction of sp³-hybridized carbons (Fsp3) is 0.292. The summed E-state index contributed by atoms with van der Waals surface area (Å²) in [4.78, 5) is 25.2. The Kier molecular flexibility index (Phi) is 8.69. The summed E-state index contributed by atoms with van der Waals surface area (Å²) in [5, 5.41) is 2.99. The number of anilines is 1. The van der Waals surface area contributed by atoms with Gasteiger partial charge in [0.25, 0.3) is 0 Å². The second-order valence-electron chi connectivity index (χ2n) is 7.59. The molecule has 1 radical (unpaired) electrons. The van der Waals surface area contributed by atoms with Crippen molar-refractivity contribution in [2.24, 2.45) is 0 Å². The quantitative estimate of drug-likeness (QED) is 0.528. The van der Waals surface area contributed by atoms with E-state index in [1.165, 1.54) is 0 Å². The van der Waals surface area contributed by atoms with Crippen LogP contribution < -0.4 is 10.00 Å². The normalized spacial score (nSPS) is 10.4. The maximum Gasteiger partial charge on any atom is 0.250 e. The van der Waals surface area contributed by atoms with Gasteiger partial charge in [-0.3, -0.25) is 9.59 Å². The van der Waals surface area contributed by atoms with Crippen LogP contribution in [0.5, 0.6) is 0 Å². The zero-order valence-electron chi connectivity index (χ0n) is 18.1. The zero-order chi connectivity index (χ0) is 21.0. The molecule has 0 aliphatic rings. The second kappa shape index (κ2) is 10.8. The molecule has 0 aliphatic carbocycles. The number of para-hydroxylation sites is 1. The van der Waals surface area contributed by atoms with E-state index in [0.29, 0.717) is 6.42 Å². The van der Waals surface area contributed by atoms with Crippen molar-refractivity contribution in [3.63, 3.8) is 0 Å². The van der Waals surface area contributed by atoms with E-state index in [-0.39, 0.29) is 57.5 Å². The van der Waals surface area contributed by atoms with E-state index in [0.717, 1.165) is 33.5 Å². The molecule has 153 valence electrons. The first-order chi connectivity index (χ1) is 13.8. The molecule has 30 heavy (non-hydrogen) atoms. The Morgan fingerprint density at radius 2 is 1.47 bits per heavy atom. The van der Waals surface area contributed by atoms with Crippen molar-refractivity contribution in [1.29, 1.82) is 0 Å². The van der Waals surface area contributed by atoms with Gasteiger partial charge in [-0.1, -0.05) is 36.4 Å². The Morgan fingerprint density at radius 1 is 0.900 bits per heavy atom. The predicted molar refractivity (Wildman–Crippen MR) is 114 cm³/mol. The minimum atomic E-state index is -0.116. The molecule has 3 rings (SSSR count). The fourth-order valence-corrected chi connectivity index (χ4v) is 3.59. The molecule has 0 bridgehead atoms. The number of carbonyl (C=O) groups excluding carboxylic acids is 2. The number of nitrogens with zero attached hydrogens (tertiary/aromatic N) is 2. The molecule has 0 unspecified atom stereocenters. The monoisotopic (exact) mass is 479 g/mol. The third-order valence-electron chi connectivity index (χ3n) is 5.25. The average Bonchev–Trinajstić information content (AvgIpc) is 3.08. The van der Waals surface area contributed by atoms with Crippen LogP contribution in [0, 0.1) is 27.7 Å². The van der Waals surface area contributed by atoms with Crippen LogP contribution in [0.25, 0.3) is 0 Å². The van der Waals surface area contributed by atoms with Gasteiger partial charge in [-0.2, -0.15) is 4.68 Å².